The first-order chi connectivity index (χ1) is 13.6. The molecule has 1 saturated heterocycles. The van der Waals surface area contributed by atoms with Gasteiger partial charge in [-0.3, -0.25) is 4.79 Å². The molecule has 1 aliphatic rings. The largest absolute Gasteiger partial charge is 0.385 e. The molecule has 0 saturated carbocycles. The summed E-state index contributed by atoms with van der Waals surface area (Å²) in [5.74, 6) is 0.958. The number of amides is 1. The predicted molar refractivity (Wildman–Crippen MR) is 106 cm³/mol. The maximum absolute atomic E-state index is 12.1. The fourth-order valence-corrected chi connectivity index (χ4v) is 3.68. The Labute approximate surface area is 165 Å². The fourth-order valence-electron chi connectivity index (χ4n) is 3.68. The van der Waals surface area contributed by atoms with Crippen molar-refractivity contribution in [1.82, 2.24) is 14.5 Å². The zero-order valence-electron chi connectivity index (χ0n) is 16.2. The molecule has 0 radical (unpaired) electrons. The van der Waals surface area contributed by atoms with Gasteiger partial charge in [0.15, 0.2) is 0 Å². The van der Waals surface area contributed by atoms with Gasteiger partial charge in [-0.05, 0) is 69.1 Å². The van der Waals surface area contributed by atoms with Gasteiger partial charge in [-0.2, -0.15) is 5.26 Å². The fraction of sp³-hybridized carbons (Fsp3) is 0.476. The minimum absolute atomic E-state index is 0.00945. The van der Waals surface area contributed by atoms with E-state index in [2.05, 4.69) is 21.3 Å². The van der Waals surface area contributed by atoms with Crippen molar-refractivity contribution < 1.29 is 9.90 Å². The molecule has 0 bridgehead atoms. The number of benzene rings is 1. The van der Waals surface area contributed by atoms with Crippen LogP contribution in [0.3, 0.4) is 0 Å². The Balaban J connectivity index is 1.35. The summed E-state index contributed by atoms with van der Waals surface area (Å²) >= 11 is 0. The lowest BCUT2D eigenvalue weighted by Gasteiger charge is -2.33. The van der Waals surface area contributed by atoms with Crippen molar-refractivity contribution in [3.63, 3.8) is 0 Å². The number of hydrogen-bond donors (Lipinski definition) is 2. The number of imidazole rings is 1. The van der Waals surface area contributed by atoms with Crippen LogP contribution in [0.2, 0.25) is 0 Å². The van der Waals surface area contributed by atoms with Crippen molar-refractivity contribution in [3.05, 3.63) is 48.0 Å². The van der Waals surface area contributed by atoms with Crippen LogP contribution >= 0.6 is 0 Å². The maximum Gasteiger partial charge on any atom is 0.224 e. The number of nitrogens with zero attached hydrogens (tertiary/aromatic N) is 4. The molecule has 1 amide bonds. The molecule has 2 heterocycles. The van der Waals surface area contributed by atoms with Crippen LogP contribution in [0.4, 0.5) is 5.69 Å². The number of carbonyl (C=O) groups excluding carboxylic acids is 1. The topological polar surface area (TPSA) is 94.2 Å². The van der Waals surface area contributed by atoms with Crippen LogP contribution in [0.25, 0.3) is 0 Å². The summed E-state index contributed by atoms with van der Waals surface area (Å²) in [4.78, 5) is 18.7. The third-order valence-corrected chi connectivity index (χ3v) is 5.38. The molecule has 28 heavy (non-hydrogen) atoms. The van der Waals surface area contributed by atoms with Crippen molar-refractivity contribution in [2.24, 2.45) is 13.0 Å². The van der Waals surface area contributed by atoms with Crippen molar-refractivity contribution >= 4 is 11.6 Å². The van der Waals surface area contributed by atoms with Crippen molar-refractivity contribution in [2.75, 3.05) is 25.0 Å². The van der Waals surface area contributed by atoms with E-state index in [0.717, 1.165) is 44.7 Å². The second kappa shape index (κ2) is 9.49. The van der Waals surface area contributed by atoms with Crippen LogP contribution in [0, 0.1) is 17.2 Å². The molecule has 1 aromatic heterocycles. The molecule has 2 aromatic rings. The number of hydrogen-bond acceptors (Lipinski definition) is 5. The number of piperidine rings is 1. The van der Waals surface area contributed by atoms with E-state index >= 15 is 0 Å². The first-order valence-electron chi connectivity index (χ1n) is 9.74. The monoisotopic (exact) mass is 381 g/mol. The van der Waals surface area contributed by atoms with E-state index < -0.39 is 6.10 Å². The normalized spacial score (nSPS) is 16.5. The van der Waals surface area contributed by atoms with Gasteiger partial charge in [0.05, 0.1) is 11.6 Å². The summed E-state index contributed by atoms with van der Waals surface area (Å²) in [5.41, 5.74) is 1.29. The lowest BCUT2D eigenvalue weighted by molar-refractivity contribution is -0.116. The van der Waals surface area contributed by atoms with E-state index in [1.54, 1.807) is 30.5 Å². The molecule has 148 valence electrons. The number of aliphatic hydroxyl groups is 1. The van der Waals surface area contributed by atoms with Crippen LogP contribution < -0.4 is 5.32 Å². The smallest absolute Gasteiger partial charge is 0.224 e. The van der Waals surface area contributed by atoms with Crippen molar-refractivity contribution in [2.45, 2.75) is 31.8 Å². The van der Waals surface area contributed by atoms with Crippen molar-refractivity contribution in [1.29, 1.82) is 5.26 Å². The number of carbonyl (C=O) groups is 1. The van der Waals surface area contributed by atoms with Gasteiger partial charge in [-0.25, -0.2) is 4.98 Å². The molecule has 7 heteroatoms. The molecule has 1 aliphatic heterocycles. The summed E-state index contributed by atoms with van der Waals surface area (Å²) in [6, 6.07) is 8.94. The van der Waals surface area contributed by atoms with Gasteiger partial charge in [-0.1, -0.05) is 0 Å². The second-order valence-corrected chi connectivity index (χ2v) is 7.36. The zero-order chi connectivity index (χ0) is 19.9. The van der Waals surface area contributed by atoms with Crippen LogP contribution in [0.1, 0.15) is 43.2 Å². The van der Waals surface area contributed by atoms with Gasteiger partial charge >= 0.3 is 0 Å². The SMILES string of the molecule is Cn1ccnc1[C@H](O)C1CCN(CCCC(=O)Nc2ccc(C#N)cc2)CC1. The first-order valence-corrected chi connectivity index (χ1v) is 9.74. The van der Waals surface area contributed by atoms with E-state index in [0.29, 0.717) is 17.7 Å². The number of aryl methyl sites for hydroxylation is 1. The molecular weight excluding hydrogens is 354 g/mol. The lowest BCUT2D eigenvalue weighted by atomic mass is 9.90. The number of aliphatic hydroxyl groups excluding tert-OH is 1. The van der Waals surface area contributed by atoms with Crippen LogP contribution in [-0.2, 0) is 11.8 Å². The number of nitrogens with one attached hydrogen (secondary N) is 1. The lowest BCUT2D eigenvalue weighted by Crippen LogP contribution is -2.36. The Hall–Kier alpha value is -2.69. The Bertz CT molecular complexity index is 816. The van der Waals surface area contributed by atoms with Crippen LogP contribution in [-0.4, -0.2) is 45.1 Å². The molecule has 7 nitrogen and oxygen atoms in total. The Morgan fingerprint density at radius 2 is 2.07 bits per heavy atom. The highest BCUT2D eigenvalue weighted by molar-refractivity contribution is 5.90. The standard InChI is InChI=1S/C21H27N5O2/c1-25-14-10-23-21(25)20(28)17-8-12-26(13-9-17)11-2-3-19(27)24-18-6-4-16(15-22)5-7-18/h4-7,10,14,17,20,28H,2-3,8-9,11-13H2,1H3,(H,24,27)/t20-/m1/s1. The molecular formula is C21H27N5O2. The molecule has 0 unspecified atom stereocenters. The molecule has 1 fully saturated rings. The number of nitriles is 1. The second-order valence-electron chi connectivity index (χ2n) is 7.36. The average molecular weight is 381 g/mol. The van der Waals surface area contributed by atoms with Crippen molar-refractivity contribution in [3.8, 4) is 6.07 Å². The molecule has 0 aliphatic carbocycles. The molecule has 2 N–H and O–H groups in total. The first kappa shape index (κ1) is 20.1. The quantitative estimate of drug-likeness (QED) is 0.768. The third kappa shape index (κ3) is 5.18. The summed E-state index contributed by atoms with van der Waals surface area (Å²) in [6.07, 6.45) is 6.20. The minimum atomic E-state index is -0.514. The van der Waals surface area contributed by atoms with Gasteiger partial charge in [0.25, 0.3) is 0 Å². The van der Waals surface area contributed by atoms with Crippen LogP contribution in [0.15, 0.2) is 36.7 Å². The molecule has 1 atom stereocenters. The number of anilines is 1. The minimum Gasteiger partial charge on any atom is -0.385 e. The highest BCUT2D eigenvalue weighted by atomic mass is 16.3. The van der Waals surface area contributed by atoms with Gasteiger partial charge < -0.3 is 19.9 Å². The van der Waals surface area contributed by atoms with Gasteiger partial charge in [-0.15, -0.1) is 0 Å². The maximum atomic E-state index is 12.1. The van der Waals surface area contributed by atoms with E-state index in [1.807, 2.05) is 17.8 Å². The number of aromatic nitrogens is 2. The predicted octanol–water partition coefficient (Wildman–Crippen LogP) is 2.46. The molecule has 3 rings (SSSR count). The molecule has 1 aromatic carbocycles. The van der Waals surface area contributed by atoms with E-state index in [1.165, 1.54) is 0 Å². The zero-order valence-corrected chi connectivity index (χ0v) is 16.2. The summed E-state index contributed by atoms with van der Waals surface area (Å²) < 4.78 is 1.88. The van der Waals surface area contributed by atoms with Gasteiger partial charge in [0, 0.05) is 31.5 Å². The highest BCUT2D eigenvalue weighted by Crippen LogP contribution is 2.29. The summed E-state index contributed by atoms with van der Waals surface area (Å²) in [6.45, 7) is 2.75. The van der Waals surface area contributed by atoms with E-state index in [-0.39, 0.29) is 11.8 Å². The summed E-state index contributed by atoms with van der Waals surface area (Å²) in [5, 5.41) is 22.2. The number of likely N-dealkylation sites (tertiary alicyclic amines) is 1. The van der Waals surface area contributed by atoms with Crippen LogP contribution in [0.5, 0.6) is 0 Å². The Morgan fingerprint density at radius 1 is 1.36 bits per heavy atom. The van der Waals surface area contributed by atoms with E-state index in [9.17, 15) is 9.90 Å². The Kier molecular flexibility index (Phi) is 6.80. The third-order valence-electron chi connectivity index (χ3n) is 5.38. The average Bonchev–Trinajstić information content (AvgIpc) is 3.14. The molecule has 0 spiro atoms. The highest BCUT2D eigenvalue weighted by Gasteiger charge is 2.28. The summed E-state index contributed by atoms with van der Waals surface area (Å²) in [7, 11) is 1.91. The number of rotatable bonds is 7. The van der Waals surface area contributed by atoms with Gasteiger partial charge in [0.2, 0.25) is 5.91 Å². The van der Waals surface area contributed by atoms with Gasteiger partial charge in [0.1, 0.15) is 11.9 Å². The van der Waals surface area contributed by atoms with E-state index in [4.69, 9.17) is 5.26 Å². The Morgan fingerprint density at radius 3 is 2.68 bits per heavy atom.